The third kappa shape index (κ3) is 5.29. The van der Waals surface area contributed by atoms with E-state index in [0.29, 0.717) is 32.0 Å². The summed E-state index contributed by atoms with van der Waals surface area (Å²) in [7, 11) is 1.65. The molecule has 0 bridgehead atoms. The number of likely N-dealkylation sites (tertiary alicyclic amines) is 1. The molecule has 0 spiro atoms. The van der Waals surface area contributed by atoms with Gasteiger partial charge < -0.3 is 20.1 Å². The Morgan fingerprint density at radius 2 is 1.96 bits per heavy atom. The second-order valence-electron chi connectivity index (χ2n) is 8.43. The summed E-state index contributed by atoms with van der Waals surface area (Å²) in [6, 6.07) is 8.40. The Balaban J connectivity index is 2.01. The first-order chi connectivity index (χ1) is 12.2. The average Bonchev–Trinajstić information content (AvgIpc) is 2.58. The number of hydrogen-bond acceptors (Lipinski definition) is 4. The molecule has 1 saturated heterocycles. The van der Waals surface area contributed by atoms with E-state index in [1.807, 2.05) is 13.8 Å². The molecule has 2 N–H and O–H groups in total. The normalized spacial score (nSPS) is 21.5. The minimum absolute atomic E-state index is 0.183. The molecule has 2 rings (SSSR count). The summed E-state index contributed by atoms with van der Waals surface area (Å²) in [4.78, 5) is 14.7. The van der Waals surface area contributed by atoms with Crippen molar-refractivity contribution in [3.8, 4) is 0 Å². The minimum atomic E-state index is -1.35. The third-order valence-corrected chi connectivity index (χ3v) is 5.09. The van der Waals surface area contributed by atoms with E-state index in [1.54, 1.807) is 12.0 Å². The van der Waals surface area contributed by atoms with Crippen LogP contribution in [0.15, 0.2) is 24.3 Å². The van der Waals surface area contributed by atoms with Gasteiger partial charge in [0.1, 0.15) is 0 Å². The van der Waals surface area contributed by atoms with Gasteiger partial charge in [-0.1, -0.05) is 38.1 Å². The molecule has 1 fully saturated rings. The predicted molar refractivity (Wildman–Crippen MR) is 104 cm³/mol. The highest BCUT2D eigenvalue weighted by atomic mass is 16.5. The van der Waals surface area contributed by atoms with Crippen LogP contribution < -0.4 is 5.32 Å². The molecule has 0 saturated carbocycles. The Bertz CT molecular complexity index is 598. The number of nitrogens with zero attached hydrogens (tertiary/aromatic N) is 1. The number of aliphatic hydroxyl groups is 1. The molecule has 0 radical (unpaired) electrons. The zero-order valence-corrected chi connectivity index (χ0v) is 16.8. The summed E-state index contributed by atoms with van der Waals surface area (Å²) >= 11 is 0. The number of methoxy groups -OCH3 is 1. The number of carbonyl (C=O) groups is 1. The number of amides is 1. The van der Waals surface area contributed by atoms with Crippen LogP contribution in [-0.4, -0.2) is 53.9 Å². The fraction of sp³-hybridized carbons (Fsp3) is 0.667. The molecule has 5 nitrogen and oxygen atoms in total. The van der Waals surface area contributed by atoms with E-state index in [-0.39, 0.29) is 18.0 Å². The van der Waals surface area contributed by atoms with Gasteiger partial charge in [-0.05, 0) is 43.7 Å². The summed E-state index contributed by atoms with van der Waals surface area (Å²) in [5.41, 5.74) is 0.750. The Hall–Kier alpha value is -1.43. The van der Waals surface area contributed by atoms with Gasteiger partial charge in [-0.3, -0.25) is 4.79 Å². The van der Waals surface area contributed by atoms with Gasteiger partial charge in [-0.15, -0.1) is 0 Å². The highest BCUT2D eigenvalue weighted by Crippen LogP contribution is 2.25. The van der Waals surface area contributed by atoms with Gasteiger partial charge in [0.15, 0.2) is 5.60 Å². The van der Waals surface area contributed by atoms with E-state index < -0.39 is 5.60 Å². The molecular weight excluding hydrogens is 328 g/mol. The second-order valence-corrected chi connectivity index (χ2v) is 8.43. The molecule has 1 aromatic rings. The number of nitrogens with one attached hydrogen (secondary N) is 1. The van der Waals surface area contributed by atoms with Crippen molar-refractivity contribution in [2.24, 2.45) is 0 Å². The number of piperidine rings is 1. The maximum Gasteiger partial charge on any atom is 0.256 e. The summed E-state index contributed by atoms with van der Waals surface area (Å²) in [5.74, 6) is 0.310. The minimum Gasteiger partial charge on any atom is -0.383 e. The molecule has 26 heavy (non-hydrogen) atoms. The van der Waals surface area contributed by atoms with E-state index in [1.165, 1.54) is 5.56 Å². The maximum absolute atomic E-state index is 12.9. The van der Waals surface area contributed by atoms with E-state index in [0.717, 1.165) is 12.0 Å². The molecule has 1 aliphatic rings. The van der Waals surface area contributed by atoms with Gasteiger partial charge in [0.2, 0.25) is 0 Å². The SMILES string of the molecule is COCC(C)(C)NC[C@@]1(O)CCCN(Cc2ccc(C(C)C)cc2)C1=O. The lowest BCUT2D eigenvalue weighted by Gasteiger charge is -2.40. The van der Waals surface area contributed by atoms with Gasteiger partial charge in [0.25, 0.3) is 5.91 Å². The van der Waals surface area contributed by atoms with E-state index in [9.17, 15) is 9.90 Å². The molecule has 1 amide bonds. The van der Waals surface area contributed by atoms with Crippen molar-refractivity contribution in [1.82, 2.24) is 10.2 Å². The molecular formula is C21H34N2O3. The van der Waals surface area contributed by atoms with Gasteiger partial charge in [-0.2, -0.15) is 0 Å². The number of β-amino-alcohol motifs (C(OH)–C–C–N with tert-alkyl or cyclic N) is 1. The molecule has 5 heteroatoms. The van der Waals surface area contributed by atoms with Crippen LogP contribution in [0.4, 0.5) is 0 Å². The van der Waals surface area contributed by atoms with Crippen molar-refractivity contribution in [3.63, 3.8) is 0 Å². The fourth-order valence-corrected chi connectivity index (χ4v) is 3.41. The van der Waals surface area contributed by atoms with Crippen LogP contribution >= 0.6 is 0 Å². The van der Waals surface area contributed by atoms with Gasteiger partial charge in [0.05, 0.1) is 6.61 Å². The van der Waals surface area contributed by atoms with E-state index in [2.05, 4.69) is 43.4 Å². The highest BCUT2D eigenvalue weighted by Gasteiger charge is 2.42. The Morgan fingerprint density at radius 1 is 1.31 bits per heavy atom. The van der Waals surface area contributed by atoms with Gasteiger partial charge >= 0.3 is 0 Å². The Morgan fingerprint density at radius 3 is 2.54 bits per heavy atom. The number of ether oxygens (including phenoxy) is 1. The largest absolute Gasteiger partial charge is 0.383 e. The lowest BCUT2D eigenvalue weighted by Crippen LogP contribution is -2.60. The Labute approximate surface area is 157 Å². The van der Waals surface area contributed by atoms with E-state index in [4.69, 9.17) is 4.74 Å². The fourth-order valence-electron chi connectivity index (χ4n) is 3.41. The summed E-state index contributed by atoms with van der Waals surface area (Å²) in [6.45, 7) is 10.3. The number of hydrogen-bond donors (Lipinski definition) is 2. The van der Waals surface area contributed by atoms with Crippen molar-refractivity contribution in [2.45, 2.75) is 64.1 Å². The molecule has 0 aromatic heterocycles. The van der Waals surface area contributed by atoms with Crippen LogP contribution in [0.5, 0.6) is 0 Å². The third-order valence-electron chi connectivity index (χ3n) is 5.09. The monoisotopic (exact) mass is 362 g/mol. The van der Waals surface area contributed by atoms with Crippen LogP contribution in [0.3, 0.4) is 0 Å². The summed E-state index contributed by atoms with van der Waals surface area (Å²) < 4.78 is 5.19. The van der Waals surface area contributed by atoms with E-state index >= 15 is 0 Å². The lowest BCUT2D eigenvalue weighted by molar-refractivity contribution is -0.157. The number of rotatable bonds is 8. The quantitative estimate of drug-likeness (QED) is 0.746. The average molecular weight is 363 g/mol. The van der Waals surface area contributed by atoms with Crippen LogP contribution in [0.1, 0.15) is 57.6 Å². The maximum atomic E-state index is 12.9. The molecule has 1 heterocycles. The first-order valence-corrected chi connectivity index (χ1v) is 9.51. The predicted octanol–water partition coefficient (Wildman–Crippen LogP) is 2.68. The van der Waals surface area contributed by atoms with Crippen LogP contribution in [-0.2, 0) is 16.1 Å². The molecule has 146 valence electrons. The smallest absolute Gasteiger partial charge is 0.256 e. The number of benzene rings is 1. The first kappa shape index (κ1) is 20.9. The van der Waals surface area contributed by atoms with Crippen LogP contribution in [0, 0.1) is 0 Å². The molecule has 0 aliphatic carbocycles. The standard InChI is InChI=1S/C21H34N2O3/c1-16(2)18-9-7-17(8-10-18)13-23-12-6-11-21(25,19(23)24)14-22-20(3,4)15-26-5/h7-10,16,22,25H,6,11-15H2,1-5H3/t21-/m0/s1. The topological polar surface area (TPSA) is 61.8 Å². The molecule has 1 aliphatic heterocycles. The summed E-state index contributed by atoms with van der Waals surface area (Å²) in [6.07, 6.45) is 1.30. The van der Waals surface area contributed by atoms with Crippen LogP contribution in [0.25, 0.3) is 0 Å². The zero-order chi connectivity index (χ0) is 19.4. The van der Waals surface area contributed by atoms with Gasteiger partial charge in [0, 0.05) is 32.3 Å². The molecule has 0 unspecified atom stereocenters. The van der Waals surface area contributed by atoms with Crippen molar-refractivity contribution < 1.29 is 14.6 Å². The summed E-state index contributed by atoms with van der Waals surface area (Å²) in [5, 5.41) is 14.2. The lowest BCUT2D eigenvalue weighted by atomic mass is 9.90. The number of carbonyl (C=O) groups excluding carboxylic acids is 1. The molecule has 1 aromatic carbocycles. The highest BCUT2D eigenvalue weighted by molar-refractivity contribution is 5.86. The van der Waals surface area contributed by atoms with Crippen LogP contribution in [0.2, 0.25) is 0 Å². The molecule has 1 atom stereocenters. The Kier molecular flexibility index (Phi) is 6.83. The van der Waals surface area contributed by atoms with Crippen molar-refractivity contribution in [1.29, 1.82) is 0 Å². The van der Waals surface area contributed by atoms with Crippen molar-refractivity contribution >= 4 is 5.91 Å². The first-order valence-electron chi connectivity index (χ1n) is 9.51. The zero-order valence-electron chi connectivity index (χ0n) is 16.8. The van der Waals surface area contributed by atoms with Crippen molar-refractivity contribution in [3.05, 3.63) is 35.4 Å². The van der Waals surface area contributed by atoms with Crippen molar-refractivity contribution in [2.75, 3.05) is 26.8 Å². The second kappa shape index (κ2) is 8.51. The van der Waals surface area contributed by atoms with Gasteiger partial charge in [-0.25, -0.2) is 0 Å².